The summed E-state index contributed by atoms with van der Waals surface area (Å²) < 4.78 is 9.70. The van der Waals surface area contributed by atoms with Crippen molar-refractivity contribution in [1.29, 1.82) is 0 Å². The number of esters is 2. The molecule has 0 radical (unpaired) electrons. The number of ether oxygens (including phenoxy) is 2. The quantitative estimate of drug-likeness (QED) is 0.400. The third kappa shape index (κ3) is 9.86. The number of carbonyl (C=O) groups is 3. The van der Waals surface area contributed by atoms with E-state index in [9.17, 15) is 14.4 Å². The van der Waals surface area contributed by atoms with E-state index in [0.717, 1.165) is 12.2 Å². The summed E-state index contributed by atoms with van der Waals surface area (Å²) in [7, 11) is 0. The van der Waals surface area contributed by atoms with E-state index in [1.807, 2.05) is 0 Å². The van der Waals surface area contributed by atoms with E-state index >= 15 is 0 Å². The molecule has 0 bridgehead atoms. The van der Waals surface area contributed by atoms with Crippen molar-refractivity contribution in [3.05, 3.63) is 12.2 Å². The molecule has 136 valence electrons. The molecule has 1 rings (SSSR count). The number of nitrogens with one attached hydrogen (secondary N) is 2. The molecule has 7 nitrogen and oxygen atoms in total. The minimum absolute atomic E-state index is 0.0409. The van der Waals surface area contributed by atoms with Crippen molar-refractivity contribution in [1.82, 2.24) is 10.6 Å². The number of carbonyl (C=O) groups excluding carboxylic acids is 3. The second-order valence-electron chi connectivity index (χ2n) is 6.13. The van der Waals surface area contributed by atoms with Crippen LogP contribution >= 0.6 is 0 Å². The molecule has 1 saturated carbocycles. The second-order valence-corrected chi connectivity index (χ2v) is 6.13. The highest BCUT2D eigenvalue weighted by molar-refractivity contribution is 5.91. The molecule has 1 fully saturated rings. The Labute approximate surface area is 143 Å². The molecule has 0 saturated heterocycles. The molecule has 1 aliphatic rings. The van der Waals surface area contributed by atoms with Crippen LogP contribution in [0.25, 0.3) is 0 Å². The molecule has 7 heteroatoms. The first-order chi connectivity index (χ1) is 11.5. The van der Waals surface area contributed by atoms with E-state index < -0.39 is 11.9 Å². The molecule has 1 aliphatic carbocycles. The lowest BCUT2D eigenvalue weighted by Gasteiger charge is -2.21. The van der Waals surface area contributed by atoms with Crippen LogP contribution in [0.2, 0.25) is 0 Å². The maximum absolute atomic E-state index is 11.6. The third-order valence-electron chi connectivity index (χ3n) is 3.62. The Bertz CT molecular complexity index is 442. The Morgan fingerprint density at radius 2 is 1.71 bits per heavy atom. The molecule has 0 unspecified atom stereocenters. The lowest BCUT2D eigenvalue weighted by molar-refractivity contribution is -0.142. The van der Waals surface area contributed by atoms with Gasteiger partial charge in [-0.15, -0.1) is 0 Å². The fourth-order valence-electron chi connectivity index (χ4n) is 2.46. The van der Waals surface area contributed by atoms with Gasteiger partial charge in [-0.25, -0.2) is 14.4 Å². The zero-order chi connectivity index (χ0) is 17.8. The maximum Gasteiger partial charge on any atom is 0.331 e. The van der Waals surface area contributed by atoms with Crippen molar-refractivity contribution in [3.8, 4) is 0 Å². The first-order valence-electron chi connectivity index (χ1n) is 8.54. The number of hydrogen-bond acceptors (Lipinski definition) is 5. The molecule has 2 N–H and O–H groups in total. The highest BCUT2D eigenvalue weighted by Gasteiger charge is 2.13. The smallest absolute Gasteiger partial charge is 0.331 e. The number of rotatable bonds is 8. The minimum atomic E-state index is -0.653. The molecule has 0 spiro atoms. The highest BCUT2D eigenvalue weighted by Crippen LogP contribution is 2.22. The highest BCUT2D eigenvalue weighted by atomic mass is 16.5. The lowest BCUT2D eigenvalue weighted by atomic mass is 9.89. The van der Waals surface area contributed by atoms with E-state index in [-0.39, 0.29) is 25.3 Å². The zero-order valence-electron chi connectivity index (χ0n) is 14.5. The molecular weight excluding hydrogens is 312 g/mol. The fourth-order valence-corrected chi connectivity index (χ4v) is 2.46. The molecule has 0 aromatic rings. The van der Waals surface area contributed by atoms with Crippen molar-refractivity contribution in [2.75, 3.05) is 19.7 Å². The van der Waals surface area contributed by atoms with Gasteiger partial charge in [-0.05, 0) is 32.6 Å². The summed E-state index contributed by atoms with van der Waals surface area (Å²) >= 11 is 0. The Balaban J connectivity index is 2.05. The summed E-state index contributed by atoms with van der Waals surface area (Å²) in [5.74, 6) is -0.680. The van der Waals surface area contributed by atoms with Gasteiger partial charge in [0.05, 0.1) is 12.6 Å². The number of hydrogen-bond donors (Lipinski definition) is 2. The van der Waals surface area contributed by atoms with Gasteiger partial charge in [0, 0.05) is 18.7 Å². The molecule has 0 aromatic heterocycles. The van der Waals surface area contributed by atoms with E-state index in [1.165, 1.54) is 32.1 Å². The van der Waals surface area contributed by atoms with Crippen molar-refractivity contribution in [2.45, 2.75) is 52.1 Å². The van der Waals surface area contributed by atoms with Crippen molar-refractivity contribution >= 4 is 18.0 Å². The molecule has 24 heavy (non-hydrogen) atoms. The normalized spacial score (nSPS) is 15.3. The third-order valence-corrected chi connectivity index (χ3v) is 3.62. The van der Waals surface area contributed by atoms with Gasteiger partial charge in [0.15, 0.2) is 0 Å². The summed E-state index contributed by atoms with van der Waals surface area (Å²) in [5, 5.41) is 5.46. The van der Waals surface area contributed by atoms with Gasteiger partial charge >= 0.3 is 18.0 Å². The second kappa shape index (κ2) is 11.5. The molecular formula is C17H28N2O5. The Kier molecular flexibility index (Phi) is 9.56. The zero-order valence-corrected chi connectivity index (χ0v) is 14.5. The summed E-state index contributed by atoms with van der Waals surface area (Å²) in [6.07, 6.45) is 7.89. The van der Waals surface area contributed by atoms with Crippen LogP contribution in [0, 0.1) is 5.92 Å². The monoisotopic (exact) mass is 340 g/mol. The van der Waals surface area contributed by atoms with Crippen LogP contribution in [0.15, 0.2) is 12.2 Å². The van der Waals surface area contributed by atoms with Gasteiger partial charge in [0.1, 0.15) is 6.61 Å². The van der Waals surface area contributed by atoms with Crippen LogP contribution in [0.5, 0.6) is 0 Å². The first kappa shape index (κ1) is 20.0. The van der Waals surface area contributed by atoms with Crippen LogP contribution in [-0.4, -0.2) is 43.8 Å². The first-order valence-corrected chi connectivity index (χ1v) is 8.54. The lowest BCUT2D eigenvalue weighted by Crippen LogP contribution is -2.40. The average molecular weight is 340 g/mol. The molecule has 0 aliphatic heterocycles. The van der Waals surface area contributed by atoms with E-state index in [2.05, 4.69) is 10.6 Å². The van der Waals surface area contributed by atoms with Gasteiger partial charge < -0.3 is 20.1 Å². The van der Waals surface area contributed by atoms with Crippen molar-refractivity contribution < 1.29 is 23.9 Å². The average Bonchev–Trinajstić information content (AvgIpc) is 2.55. The predicted molar refractivity (Wildman–Crippen MR) is 89.3 cm³/mol. The number of urea groups is 1. The van der Waals surface area contributed by atoms with Gasteiger partial charge in [0.25, 0.3) is 0 Å². The Hall–Kier alpha value is -2.05. The standard InChI is InChI=1S/C17H28N2O5/c1-13(2)24-16(21)9-8-15(20)23-11-10-18-17(22)19-12-14-6-4-3-5-7-14/h8-9,13-14H,3-7,10-12H2,1-2H3,(H2,18,19,22)/b9-8+. The topological polar surface area (TPSA) is 93.7 Å². The van der Waals surface area contributed by atoms with Crippen LogP contribution in [0.3, 0.4) is 0 Å². The Morgan fingerprint density at radius 1 is 1.04 bits per heavy atom. The largest absolute Gasteiger partial charge is 0.461 e. The SMILES string of the molecule is CC(C)OC(=O)/C=C/C(=O)OCCNC(=O)NCC1CCCCC1. The molecule has 2 amide bonds. The van der Waals surface area contributed by atoms with Crippen LogP contribution in [0.1, 0.15) is 46.0 Å². The van der Waals surface area contributed by atoms with Gasteiger partial charge in [-0.3, -0.25) is 0 Å². The number of amides is 2. The molecule has 0 atom stereocenters. The molecule has 0 aromatic carbocycles. The minimum Gasteiger partial charge on any atom is -0.461 e. The van der Waals surface area contributed by atoms with Gasteiger partial charge in [-0.1, -0.05) is 19.3 Å². The summed E-state index contributed by atoms with van der Waals surface area (Å²) in [6, 6.07) is -0.257. The summed E-state index contributed by atoms with van der Waals surface area (Å²) in [5.41, 5.74) is 0. The van der Waals surface area contributed by atoms with Crippen molar-refractivity contribution in [2.24, 2.45) is 5.92 Å². The summed E-state index contributed by atoms with van der Waals surface area (Å²) in [4.78, 5) is 34.2. The summed E-state index contributed by atoms with van der Waals surface area (Å²) in [6.45, 7) is 4.38. The molecule has 0 heterocycles. The van der Waals surface area contributed by atoms with Crippen LogP contribution < -0.4 is 10.6 Å². The van der Waals surface area contributed by atoms with Crippen molar-refractivity contribution in [3.63, 3.8) is 0 Å². The Morgan fingerprint density at radius 3 is 2.38 bits per heavy atom. The van der Waals surface area contributed by atoms with Gasteiger partial charge in [0.2, 0.25) is 0 Å². The van der Waals surface area contributed by atoms with Crippen LogP contribution in [-0.2, 0) is 19.1 Å². The predicted octanol–water partition coefficient (Wildman–Crippen LogP) is 1.92. The van der Waals surface area contributed by atoms with E-state index in [1.54, 1.807) is 13.8 Å². The van der Waals surface area contributed by atoms with E-state index in [4.69, 9.17) is 9.47 Å². The maximum atomic E-state index is 11.6. The fraction of sp³-hybridized carbons (Fsp3) is 0.706. The van der Waals surface area contributed by atoms with Crippen LogP contribution in [0.4, 0.5) is 4.79 Å². The van der Waals surface area contributed by atoms with Gasteiger partial charge in [-0.2, -0.15) is 0 Å². The van der Waals surface area contributed by atoms with E-state index in [0.29, 0.717) is 12.5 Å².